The molecule has 1 aromatic heterocycles. The van der Waals surface area contributed by atoms with Crippen LogP contribution >= 0.6 is 27.3 Å². The predicted octanol–water partition coefficient (Wildman–Crippen LogP) is 5.58. The molecule has 15 heavy (non-hydrogen) atoms. The minimum atomic E-state index is 0.856. The van der Waals surface area contributed by atoms with Crippen molar-refractivity contribution in [1.29, 1.82) is 0 Å². The summed E-state index contributed by atoms with van der Waals surface area (Å²) in [6.45, 7) is 2.31. The van der Waals surface area contributed by atoms with Crippen LogP contribution < -0.4 is 0 Å². The van der Waals surface area contributed by atoms with Gasteiger partial charge in [-0.1, -0.05) is 19.8 Å². The molecule has 0 bridgehead atoms. The molecular formula is C13H19BrS. The van der Waals surface area contributed by atoms with E-state index in [9.17, 15) is 0 Å². The van der Waals surface area contributed by atoms with Gasteiger partial charge in [-0.05, 0) is 65.6 Å². The van der Waals surface area contributed by atoms with Crippen LogP contribution in [-0.2, 0) is 0 Å². The molecule has 0 aliphatic heterocycles. The summed E-state index contributed by atoms with van der Waals surface area (Å²) >= 11 is 5.48. The molecule has 0 aromatic carbocycles. The van der Waals surface area contributed by atoms with Crippen LogP contribution in [0.15, 0.2) is 15.9 Å². The number of hydrogen-bond acceptors (Lipinski definition) is 1. The molecule has 1 aromatic rings. The third-order valence-electron chi connectivity index (χ3n) is 3.54. The lowest BCUT2D eigenvalue weighted by atomic mass is 9.79. The van der Waals surface area contributed by atoms with Crippen molar-refractivity contribution in [2.45, 2.75) is 51.4 Å². The second-order valence-electron chi connectivity index (χ2n) is 4.65. The number of hydrogen-bond donors (Lipinski definition) is 0. The van der Waals surface area contributed by atoms with Gasteiger partial charge in [0.1, 0.15) is 0 Å². The zero-order valence-corrected chi connectivity index (χ0v) is 11.7. The van der Waals surface area contributed by atoms with E-state index in [0.717, 1.165) is 11.8 Å². The smallest absolute Gasteiger partial charge is 0.0701 e. The Labute approximate surface area is 105 Å². The molecular weight excluding hydrogens is 268 g/mol. The Morgan fingerprint density at radius 2 is 2.00 bits per heavy atom. The Morgan fingerprint density at radius 1 is 1.27 bits per heavy atom. The number of rotatable bonds is 3. The van der Waals surface area contributed by atoms with Crippen LogP contribution in [0.1, 0.15) is 56.2 Å². The standard InChI is InChI=1S/C13H19BrS/c1-2-3-10-4-6-11(7-5-10)12-8-9-13(14)15-12/h8-11H,2-7H2,1H3. The average Bonchev–Trinajstić information content (AvgIpc) is 2.67. The summed E-state index contributed by atoms with van der Waals surface area (Å²) in [7, 11) is 0. The van der Waals surface area contributed by atoms with Gasteiger partial charge in [0.25, 0.3) is 0 Å². The van der Waals surface area contributed by atoms with E-state index in [1.165, 1.54) is 42.3 Å². The van der Waals surface area contributed by atoms with Crippen molar-refractivity contribution in [2.75, 3.05) is 0 Å². The molecule has 2 heteroatoms. The van der Waals surface area contributed by atoms with E-state index in [1.54, 1.807) is 4.88 Å². The monoisotopic (exact) mass is 286 g/mol. The van der Waals surface area contributed by atoms with Crippen LogP contribution in [0.3, 0.4) is 0 Å². The van der Waals surface area contributed by atoms with Crippen molar-refractivity contribution in [2.24, 2.45) is 5.92 Å². The molecule has 0 amide bonds. The van der Waals surface area contributed by atoms with E-state index in [4.69, 9.17) is 0 Å². The molecule has 1 aliphatic carbocycles. The summed E-state index contributed by atoms with van der Waals surface area (Å²) in [5.74, 6) is 1.88. The van der Waals surface area contributed by atoms with Crippen molar-refractivity contribution in [1.82, 2.24) is 0 Å². The predicted molar refractivity (Wildman–Crippen MR) is 71.6 cm³/mol. The molecule has 84 valence electrons. The summed E-state index contributed by atoms with van der Waals surface area (Å²) in [5, 5.41) is 0. The molecule has 1 fully saturated rings. The third-order valence-corrected chi connectivity index (χ3v) is 5.33. The van der Waals surface area contributed by atoms with Gasteiger partial charge in [-0.15, -0.1) is 11.3 Å². The van der Waals surface area contributed by atoms with Crippen LogP contribution in [0.25, 0.3) is 0 Å². The normalized spacial score (nSPS) is 26.8. The van der Waals surface area contributed by atoms with Crippen molar-refractivity contribution < 1.29 is 0 Å². The van der Waals surface area contributed by atoms with Gasteiger partial charge < -0.3 is 0 Å². The maximum Gasteiger partial charge on any atom is 0.0701 e. The van der Waals surface area contributed by atoms with Crippen LogP contribution in [-0.4, -0.2) is 0 Å². The molecule has 2 rings (SSSR count). The highest BCUT2D eigenvalue weighted by molar-refractivity contribution is 9.11. The number of thiophene rings is 1. The van der Waals surface area contributed by atoms with Crippen molar-refractivity contribution in [3.8, 4) is 0 Å². The lowest BCUT2D eigenvalue weighted by Gasteiger charge is -2.27. The van der Waals surface area contributed by atoms with Crippen LogP contribution in [0.5, 0.6) is 0 Å². The first-order valence-electron chi connectivity index (χ1n) is 6.04. The Kier molecular flexibility index (Phi) is 4.27. The second-order valence-corrected chi connectivity index (χ2v) is 7.14. The summed E-state index contributed by atoms with van der Waals surface area (Å²) in [6, 6.07) is 4.50. The van der Waals surface area contributed by atoms with Gasteiger partial charge in [0.2, 0.25) is 0 Å². The Bertz CT molecular complexity index is 297. The maximum absolute atomic E-state index is 3.55. The third kappa shape index (κ3) is 3.07. The fraction of sp³-hybridized carbons (Fsp3) is 0.692. The lowest BCUT2D eigenvalue weighted by Crippen LogP contribution is -2.12. The van der Waals surface area contributed by atoms with Gasteiger partial charge in [0.15, 0.2) is 0 Å². The topological polar surface area (TPSA) is 0 Å². The molecule has 1 heterocycles. The van der Waals surface area contributed by atoms with E-state index in [-0.39, 0.29) is 0 Å². The molecule has 1 saturated carbocycles. The van der Waals surface area contributed by atoms with E-state index < -0.39 is 0 Å². The molecule has 0 unspecified atom stereocenters. The maximum atomic E-state index is 3.55. The SMILES string of the molecule is CCCC1CCC(c2ccc(Br)s2)CC1. The van der Waals surface area contributed by atoms with Crippen molar-refractivity contribution >= 4 is 27.3 Å². The van der Waals surface area contributed by atoms with E-state index in [1.807, 2.05) is 11.3 Å². The first-order valence-corrected chi connectivity index (χ1v) is 7.65. The summed E-state index contributed by atoms with van der Waals surface area (Å²) in [4.78, 5) is 1.59. The van der Waals surface area contributed by atoms with E-state index in [0.29, 0.717) is 0 Å². The van der Waals surface area contributed by atoms with Crippen LogP contribution in [0.4, 0.5) is 0 Å². The lowest BCUT2D eigenvalue weighted by molar-refractivity contribution is 0.310. The van der Waals surface area contributed by atoms with Crippen LogP contribution in [0, 0.1) is 5.92 Å². The average molecular weight is 287 g/mol. The molecule has 0 nitrogen and oxygen atoms in total. The summed E-state index contributed by atoms with van der Waals surface area (Å²) < 4.78 is 1.29. The quantitative estimate of drug-likeness (QED) is 0.680. The van der Waals surface area contributed by atoms with Crippen molar-refractivity contribution in [3.05, 3.63) is 20.8 Å². The molecule has 0 saturated heterocycles. The van der Waals surface area contributed by atoms with Gasteiger partial charge in [-0.3, -0.25) is 0 Å². The van der Waals surface area contributed by atoms with Crippen LogP contribution in [0.2, 0.25) is 0 Å². The van der Waals surface area contributed by atoms with Gasteiger partial charge >= 0.3 is 0 Å². The van der Waals surface area contributed by atoms with Crippen molar-refractivity contribution in [3.63, 3.8) is 0 Å². The Morgan fingerprint density at radius 3 is 2.53 bits per heavy atom. The molecule has 0 spiro atoms. The van der Waals surface area contributed by atoms with E-state index in [2.05, 4.69) is 35.0 Å². The minimum Gasteiger partial charge on any atom is -0.133 e. The highest BCUT2D eigenvalue weighted by Gasteiger charge is 2.22. The number of halogens is 1. The zero-order valence-electron chi connectivity index (χ0n) is 9.34. The molecule has 0 atom stereocenters. The Balaban J connectivity index is 1.88. The summed E-state index contributed by atoms with van der Waals surface area (Å²) in [6.07, 6.45) is 8.54. The summed E-state index contributed by atoms with van der Waals surface area (Å²) in [5.41, 5.74) is 0. The van der Waals surface area contributed by atoms with Gasteiger partial charge in [0.05, 0.1) is 3.79 Å². The molecule has 0 radical (unpaired) electrons. The Hall–Kier alpha value is 0.180. The molecule has 0 N–H and O–H groups in total. The molecule has 1 aliphatic rings. The second kappa shape index (κ2) is 5.49. The highest BCUT2D eigenvalue weighted by atomic mass is 79.9. The fourth-order valence-electron chi connectivity index (χ4n) is 2.69. The zero-order chi connectivity index (χ0) is 10.7. The fourth-order valence-corrected chi connectivity index (χ4v) is 4.28. The first-order chi connectivity index (χ1) is 7.29. The highest BCUT2D eigenvalue weighted by Crippen LogP contribution is 2.40. The minimum absolute atomic E-state index is 0.856. The van der Waals surface area contributed by atoms with Gasteiger partial charge in [-0.2, -0.15) is 0 Å². The largest absolute Gasteiger partial charge is 0.133 e. The van der Waals surface area contributed by atoms with E-state index >= 15 is 0 Å². The van der Waals surface area contributed by atoms with Gasteiger partial charge in [0, 0.05) is 4.88 Å². The van der Waals surface area contributed by atoms with Gasteiger partial charge in [-0.25, -0.2) is 0 Å². The first kappa shape index (κ1) is 11.7.